The summed E-state index contributed by atoms with van der Waals surface area (Å²) in [4.78, 5) is 0. The standard InChI is InChI=1S/C14H21NO3/c1-4-15-12-9-18-6-5-10-7-13(16-2)14(17-3)8-11(10)12/h7-8,12,15H,4-6,9H2,1-3H3. The molecule has 4 nitrogen and oxygen atoms in total. The van der Waals surface area contributed by atoms with Gasteiger partial charge in [-0.1, -0.05) is 6.92 Å². The van der Waals surface area contributed by atoms with Crippen LogP contribution in [-0.2, 0) is 11.2 Å². The number of fused-ring (bicyclic) bond motifs is 1. The van der Waals surface area contributed by atoms with Gasteiger partial charge in [-0.15, -0.1) is 0 Å². The molecular formula is C14H21NO3. The van der Waals surface area contributed by atoms with Crippen LogP contribution in [0.5, 0.6) is 11.5 Å². The third-order valence-corrected chi connectivity index (χ3v) is 3.27. The van der Waals surface area contributed by atoms with Gasteiger partial charge >= 0.3 is 0 Å². The van der Waals surface area contributed by atoms with E-state index in [9.17, 15) is 0 Å². The quantitative estimate of drug-likeness (QED) is 0.887. The first-order valence-electron chi connectivity index (χ1n) is 6.36. The van der Waals surface area contributed by atoms with Crippen molar-refractivity contribution in [1.82, 2.24) is 5.32 Å². The molecule has 1 unspecified atom stereocenters. The van der Waals surface area contributed by atoms with Gasteiger partial charge in [-0.2, -0.15) is 0 Å². The van der Waals surface area contributed by atoms with Gasteiger partial charge in [-0.3, -0.25) is 0 Å². The zero-order valence-corrected chi connectivity index (χ0v) is 11.3. The van der Waals surface area contributed by atoms with Crippen molar-refractivity contribution >= 4 is 0 Å². The first-order chi connectivity index (χ1) is 8.80. The summed E-state index contributed by atoms with van der Waals surface area (Å²) in [6, 6.07) is 4.36. The van der Waals surface area contributed by atoms with Crippen LogP contribution in [0.1, 0.15) is 24.1 Å². The summed E-state index contributed by atoms with van der Waals surface area (Å²) >= 11 is 0. The Morgan fingerprint density at radius 1 is 1.28 bits per heavy atom. The van der Waals surface area contributed by atoms with Crippen LogP contribution in [0.25, 0.3) is 0 Å². The second-order valence-corrected chi connectivity index (χ2v) is 4.34. The normalized spacial score (nSPS) is 18.9. The molecule has 0 bridgehead atoms. The molecule has 1 aromatic carbocycles. The van der Waals surface area contributed by atoms with E-state index in [4.69, 9.17) is 14.2 Å². The molecule has 18 heavy (non-hydrogen) atoms. The molecule has 4 heteroatoms. The molecule has 0 amide bonds. The van der Waals surface area contributed by atoms with Crippen LogP contribution in [0.15, 0.2) is 12.1 Å². The minimum atomic E-state index is 0.229. The van der Waals surface area contributed by atoms with E-state index >= 15 is 0 Å². The van der Waals surface area contributed by atoms with Gasteiger partial charge in [0.25, 0.3) is 0 Å². The van der Waals surface area contributed by atoms with Gasteiger partial charge in [0.15, 0.2) is 11.5 Å². The smallest absolute Gasteiger partial charge is 0.161 e. The SMILES string of the molecule is CCNC1COCCc2cc(OC)c(OC)cc21. The molecule has 0 aromatic heterocycles. The van der Waals surface area contributed by atoms with Gasteiger partial charge in [-0.05, 0) is 36.2 Å². The minimum Gasteiger partial charge on any atom is -0.493 e. The average molecular weight is 251 g/mol. The van der Waals surface area contributed by atoms with E-state index in [1.807, 2.05) is 0 Å². The molecule has 2 rings (SSSR count). The Morgan fingerprint density at radius 2 is 2.00 bits per heavy atom. The highest BCUT2D eigenvalue weighted by molar-refractivity contribution is 5.49. The number of likely N-dealkylation sites (N-methyl/N-ethyl adjacent to an activating group) is 1. The van der Waals surface area contributed by atoms with E-state index in [-0.39, 0.29) is 6.04 Å². The third-order valence-electron chi connectivity index (χ3n) is 3.27. The van der Waals surface area contributed by atoms with Crippen molar-refractivity contribution < 1.29 is 14.2 Å². The molecule has 0 radical (unpaired) electrons. The summed E-state index contributed by atoms with van der Waals surface area (Å²) < 4.78 is 16.4. The monoisotopic (exact) mass is 251 g/mol. The summed E-state index contributed by atoms with van der Waals surface area (Å²) in [5, 5.41) is 3.45. The maximum atomic E-state index is 5.65. The highest BCUT2D eigenvalue weighted by atomic mass is 16.5. The fourth-order valence-corrected chi connectivity index (χ4v) is 2.37. The highest BCUT2D eigenvalue weighted by Crippen LogP contribution is 2.34. The zero-order chi connectivity index (χ0) is 13.0. The van der Waals surface area contributed by atoms with E-state index in [2.05, 4.69) is 24.4 Å². The Balaban J connectivity index is 2.42. The molecule has 0 saturated heterocycles. The van der Waals surface area contributed by atoms with E-state index in [1.165, 1.54) is 11.1 Å². The lowest BCUT2D eigenvalue weighted by molar-refractivity contribution is 0.122. The minimum absolute atomic E-state index is 0.229. The number of ether oxygens (including phenoxy) is 3. The number of hydrogen-bond acceptors (Lipinski definition) is 4. The lowest BCUT2D eigenvalue weighted by Crippen LogP contribution is -2.24. The molecule has 1 heterocycles. The average Bonchev–Trinajstić information content (AvgIpc) is 2.60. The van der Waals surface area contributed by atoms with E-state index < -0.39 is 0 Å². The van der Waals surface area contributed by atoms with E-state index in [1.54, 1.807) is 14.2 Å². The predicted octanol–water partition coefficient (Wildman–Crippen LogP) is 1.93. The van der Waals surface area contributed by atoms with E-state index in [0.29, 0.717) is 6.61 Å². The Kier molecular flexibility index (Phi) is 4.44. The maximum absolute atomic E-state index is 5.65. The molecular weight excluding hydrogens is 230 g/mol. The third kappa shape index (κ3) is 2.60. The lowest BCUT2D eigenvalue weighted by Gasteiger charge is -2.20. The van der Waals surface area contributed by atoms with Gasteiger partial charge in [0.1, 0.15) is 0 Å². The topological polar surface area (TPSA) is 39.7 Å². The first-order valence-corrected chi connectivity index (χ1v) is 6.36. The molecule has 1 aliphatic rings. The molecule has 100 valence electrons. The molecule has 0 fully saturated rings. The number of nitrogens with one attached hydrogen (secondary N) is 1. The van der Waals surface area contributed by atoms with Crippen LogP contribution < -0.4 is 14.8 Å². The second-order valence-electron chi connectivity index (χ2n) is 4.34. The van der Waals surface area contributed by atoms with E-state index in [0.717, 1.165) is 31.1 Å². The summed E-state index contributed by atoms with van der Waals surface area (Å²) in [5.74, 6) is 1.56. The summed E-state index contributed by atoms with van der Waals surface area (Å²) in [6.07, 6.45) is 0.914. The molecule has 1 aliphatic heterocycles. The fraction of sp³-hybridized carbons (Fsp3) is 0.571. The Morgan fingerprint density at radius 3 is 2.67 bits per heavy atom. The van der Waals surface area contributed by atoms with Crippen LogP contribution >= 0.6 is 0 Å². The van der Waals surface area contributed by atoms with Crippen molar-refractivity contribution in [2.75, 3.05) is 34.0 Å². The van der Waals surface area contributed by atoms with Crippen LogP contribution in [0.3, 0.4) is 0 Å². The van der Waals surface area contributed by atoms with Crippen LogP contribution in [0.4, 0.5) is 0 Å². The maximum Gasteiger partial charge on any atom is 0.161 e. The van der Waals surface area contributed by atoms with Gasteiger partial charge < -0.3 is 19.5 Å². The molecule has 0 aliphatic carbocycles. The van der Waals surface area contributed by atoms with Gasteiger partial charge in [0.2, 0.25) is 0 Å². The highest BCUT2D eigenvalue weighted by Gasteiger charge is 2.21. The van der Waals surface area contributed by atoms with Crippen molar-refractivity contribution in [3.05, 3.63) is 23.3 Å². The molecule has 1 aromatic rings. The van der Waals surface area contributed by atoms with Crippen molar-refractivity contribution in [2.45, 2.75) is 19.4 Å². The summed E-state index contributed by atoms with van der Waals surface area (Å²) in [5.41, 5.74) is 2.53. The number of rotatable bonds is 4. The summed E-state index contributed by atoms with van der Waals surface area (Å²) in [7, 11) is 3.33. The zero-order valence-electron chi connectivity index (χ0n) is 11.3. The molecule has 1 atom stereocenters. The van der Waals surface area contributed by atoms with Crippen molar-refractivity contribution in [3.63, 3.8) is 0 Å². The number of benzene rings is 1. The van der Waals surface area contributed by atoms with Crippen LogP contribution in [0, 0.1) is 0 Å². The van der Waals surface area contributed by atoms with Crippen molar-refractivity contribution in [1.29, 1.82) is 0 Å². The Bertz CT molecular complexity index is 406. The molecule has 1 N–H and O–H groups in total. The summed E-state index contributed by atoms with van der Waals surface area (Å²) in [6.45, 7) is 4.48. The molecule has 0 saturated carbocycles. The van der Waals surface area contributed by atoms with Gasteiger partial charge in [0.05, 0.1) is 33.5 Å². The van der Waals surface area contributed by atoms with Crippen molar-refractivity contribution in [2.24, 2.45) is 0 Å². The largest absolute Gasteiger partial charge is 0.493 e. The number of hydrogen-bond donors (Lipinski definition) is 1. The molecule has 0 spiro atoms. The van der Waals surface area contributed by atoms with Crippen LogP contribution in [0.2, 0.25) is 0 Å². The fourth-order valence-electron chi connectivity index (χ4n) is 2.37. The Labute approximate surface area is 108 Å². The van der Waals surface area contributed by atoms with Gasteiger partial charge in [0, 0.05) is 0 Å². The van der Waals surface area contributed by atoms with Crippen molar-refractivity contribution in [3.8, 4) is 11.5 Å². The number of methoxy groups -OCH3 is 2. The van der Waals surface area contributed by atoms with Crippen LogP contribution in [-0.4, -0.2) is 34.0 Å². The predicted molar refractivity (Wildman–Crippen MR) is 70.5 cm³/mol. The Hall–Kier alpha value is -1.26. The second kappa shape index (κ2) is 6.07. The first kappa shape index (κ1) is 13.2. The van der Waals surface area contributed by atoms with Gasteiger partial charge in [-0.25, -0.2) is 0 Å². The lowest BCUT2D eigenvalue weighted by atomic mass is 9.98.